The van der Waals surface area contributed by atoms with E-state index in [0.29, 0.717) is 5.70 Å². The first-order valence-corrected chi connectivity index (χ1v) is 5.95. The number of nitrogens with one attached hydrogen (secondary N) is 1. The Bertz CT molecular complexity index is 409. The lowest BCUT2D eigenvalue weighted by Crippen LogP contribution is -2.23. The lowest BCUT2D eigenvalue weighted by Gasteiger charge is -2.08. The third-order valence-corrected chi connectivity index (χ3v) is 3.10. The van der Waals surface area contributed by atoms with Gasteiger partial charge in [-0.25, -0.2) is 8.42 Å². The summed E-state index contributed by atoms with van der Waals surface area (Å²) >= 11 is 0. The predicted molar refractivity (Wildman–Crippen MR) is 58.1 cm³/mol. The van der Waals surface area contributed by atoms with Gasteiger partial charge in [-0.15, -0.1) is 0 Å². The minimum Gasteiger partial charge on any atom is -0.284 e. The van der Waals surface area contributed by atoms with Crippen molar-refractivity contribution in [3.8, 4) is 0 Å². The highest BCUT2D eigenvalue weighted by molar-refractivity contribution is 7.89. The molecule has 0 bridgehead atoms. The third-order valence-electron chi connectivity index (χ3n) is 1.78. The smallest absolute Gasteiger partial charge is 0.232 e. The summed E-state index contributed by atoms with van der Waals surface area (Å²) in [6.45, 7) is 5.25. The lowest BCUT2D eigenvalue weighted by atomic mass is 10.2. The molecule has 0 heterocycles. The molecule has 1 aromatic carbocycles. The normalized spacial score (nSPS) is 10.9. The van der Waals surface area contributed by atoms with Crippen LogP contribution in [0.1, 0.15) is 12.5 Å². The van der Waals surface area contributed by atoms with Gasteiger partial charge >= 0.3 is 0 Å². The van der Waals surface area contributed by atoms with Crippen LogP contribution in [0.4, 0.5) is 0 Å². The van der Waals surface area contributed by atoms with Crippen LogP contribution >= 0.6 is 0 Å². The van der Waals surface area contributed by atoms with Crippen LogP contribution in [-0.2, 0) is 10.0 Å². The molecule has 0 unspecified atom stereocenters. The average Bonchev–Trinajstić information content (AvgIpc) is 2.19. The molecular weight excluding hydrogens is 198 g/mol. The Labute approximate surface area is 84.5 Å². The summed E-state index contributed by atoms with van der Waals surface area (Å²) in [5.74, 6) is 0.0544. The molecule has 0 saturated heterocycles. The zero-order valence-electron chi connectivity index (χ0n) is 8.03. The van der Waals surface area contributed by atoms with Gasteiger partial charge in [-0.3, -0.25) is 4.72 Å². The molecule has 0 aliphatic carbocycles. The summed E-state index contributed by atoms with van der Waals surface area (Å²) in [4.78, 5) is 0. The Kier molecular flexibility index (Phi) is 3.30. The quantitative estimate of drug-likeness (QED) is 0.822. The second-order valence-corrected chi connectivity index (χ2v) is 4.86. The summed E-state index contributed by atoms with van der Waals surface area (Å²) in [7, 11) is -3.22. The van der Waals surface area contributed by atoms with Crippen molar-refractivity contribution in [2.24, 2.45) is 0 Å². The van der Waals surface area contributed by atoms with Crippen molar-refractivity contribution >= 4 is 15.7 Å². The summed E-state index contributed by atoms with van der Waals surface area (Å²) in [5.41, 5.74) is 1.19. The van der Waals surface area contributed by atoms with E-state index in [0.717, 1.165) is 5.56 Å². The fourth-order valence-electron chi connectivity index (χ4n) is 0.958. The van der Waals surface area contributed by atoms with Gasteiger partial charge in [0.2, 0.25) is 10.0 Å². The molecule has 0 radical (unpaired) electrons. The van der Waals surface area contributed by atoms with Crippen LogP contribution in [0.15, 0.2) is 36.9 Å². The molecule has 0 fully saturated rings. The zero-order valence-corrected chi connectivity index (χ0v) is 8.84. The maximum Gasteiger partial charge on any atom is 0.232 e. The molecule has 0 aromatic heterocycles. The van der Waals surface area contributed by atoms with Crippen LogP contribution in [0.2, 0.25) is 0 Å². The fourth-order valence-corrected chi connectivity index (χ4v) is 1.60. The van der Waals surface area contributed by atoms with Crippen LogP contribution in [0.5, 0.6) is 0 Å². The van der Waals surface area contributed by atoms with Crippen LogP contribution < -0.4 is 4.72 Å². The van der Waals surface area contributed by atoms with Crippen molar-refractivity contribution in [1.29, 1.82) is 0 Å². The fraction of sp³-hybridized carbons (Fsp3) is 0.200. The number of rotatable bonds is 4. The summed E-state index contributed by atoms with van der Waals surface area (Å²) < 4.78 is 24.8. The van der Waals surface area contributed by atoms with E-state index >= 15 is 0 Å². The van der Waals surface area contributed by atoms with E-state index in [2.05, 4.69) is 11.3 Å². The van der Waals surface area contributed by atoms with Crippen molar-refractivity contribution < 1.29 is 8.42 Å². The van der Waals surface area contributed by atoms with Crippen molar-refractivity contribution in [2.75, 3.05) is 5.75 Å². The molecule has 1 N–H and O–H groups in total. The van der Waals surface area contributed by atoms with Gasteiger partial charge < -0.3 is 0 Å². The van der Waals surface area contributed by atoms with Crippen molar-refractivity contribution in [3.63, 3.8) is 0 Å². The predicted octanol–water partition coefficient (Wildman–Crippen LogP) is 1.60. The van der Waals surface area contributed by atoms with E-state index < -0.39 is 10.0 Å². The molecule has 76 valence electrons. The molecule has 3 nitrogen and oxygen atoms in total. The van der Waals surface area contributed by atoms with Crippen LogP contribution in [-0.4, -0.2) is 14.2 Å². The van der Waals surface area contributed by atoms with Gasteiger partial charge in [0.25, 0.3) is 0 Å². The highest BCUT2D eigenvalue weighted by Crippen LogP contribution is 2.09. The van der Waals surface area contributed by atoms with Crippen molar-refractivity contribution in [2.45, 2.75) is 6.92 Å². The maximum absolute atomic E-state index is 11.2. The molecular formula is C10H13NO2S. The molecule has 0 spiro atoms. The Hall–Kier alpha value is -1.29. The Balaban J connectivity index is 2.79. The average molecular weight is 211 g/mol. The van der Waals surface area contributed by atoms with Gasteiger partial charge in [-0.1, -0.05) is 36.9 Å². The minimum atomic E-state index is -3.22. The Morgan fingerprint density at radius 3 is 2.43 bits per heavy atom. The number of benzene rings is 1. The van der Waals surface area contributed by atoms with Gasteiger partial charge in [-0.05, 0) is 12.5 Å². The van der Waals surface area contributed by atoms with Gasteiger partial charge in [0.05, 0.1) is 5.75 Å². The standard InChI is InChI=1S/C10H13NO2S/c1-3-14(12,13)11-9(2)10-7-5-4-6-8-10/h4-8,11H,2-3H2,1H3. The van der Waals surface area contributed by atoms with E-state index in [1.807, 2.05) is 18.2 Å². The SMILES string of the molecule is C=C(NS(=O)(=O)CC)c1ccccc1. The van der Waals surface area contributed by atoms with Gasteiger partial charge in [-0.2, -0.15) is 0 Å². The molecule has 0 atom stereocenters. The van der Waals surface area contributed by atoms with Gasteiger partial charge in [0.15, 0.2) is 0 Å². The molecule has 0 aliphatic heterocycles. The topological polar surface area (TPSA) is 46.2 Å². The van der Waals surface area contributed by atoms with E-state index in [-0.39, 0.29) is 5.75 Å². The molecule has 0 aliphatic rings. The van der Waals surface area contributed by atoms with E-state index in [9.17, 15) is 8.42 Å². The molecule has 0 amide bonds. The van der Waals surface area contributed by atoms with Crippen LogP contribution in [0.3, 0.4) is 0 Å². The first-order valence-electron chi connectivity index (χ1n) is 4.30. The first kappa shape index (κ1) is 10.8. The van der Waals surface area contributed by atoms with E-state index in [4.69, 9.17) is 0 Å². The number of sulfonamides is 1. The zero-order chi connectivity index (χ0) is 10.6. The second-order valence-electron chi connectivity index (χ2n) is 2.85. The molecule has 4 heteroatoms. The minimum absolute atomic E-state index is 0.0544. The largest absolute Gasteiger partial charge is 0.284 e. The first-order chi connectivity index (χ1) is 6.55. The van der Waals surface area contributed by atoms with Crippen molar-refractivity contribution in [3.05, 3.63) is 42.5 Å². The number of hydrogen-bond acceptors (Lipinski definition) is 2. The second kappa shape index (κ2) is 4.28. The van der Waals surface area contributed by atoms with Crippen molar-refractivity contribution in [1.82, 2.24) is 4.72 Å². The Morgan fingerprint density at radius 1 is 1.36 bits per heavy atom. The highest BCUT2D eigenvalue weighted by atomic mass is 32.2. The van der Waals surface area contributed by atoms with Gasteiger partial charge in [0, 0.05) is 5.70 Å². The summed E-state index contributed by atoms with van der Waals surface area (Å²) in [6, 6.07) is 9.15. The lowest BCUT2D eigenvalue weighted by molar-refractivity contribution is 0.593. The molecule has 1 aromatic rings. The Morgan fingerprint density at radius 2 is 1.93 bits per heavy atom. The van der Waals surface area contributed by atoms with Gasteiger partial charge in [0.1, 0.15) is 0 Å². The van der Waals surface area contributed by atoms with E-state index in [1.165, 1.54) is 0 Å². The maximum atomic E-state index is 11.2. The summed E-state index contributed by atoms with van der Waals surface area (Å²) in [6.07, 6.45) is 0. The van der Waals surface area contributed by atoms with Crippen LogP contribution in [0.25, 0.3) is 5.70 Å². The molecule has 0 saturated carbocycles. The van der Waals surface area contributed by atoms with E-state index in [1.54, 1.807) is 19.1 Å². The third kappa shape index (κ3) is 2.88. The monoisotopic (exact) mass is 211 g/mol. The highest BCUT2D eigenvalue weighted by Gasteiger charge is 2.07. The van der Waals surface area contributed by atoms with Crippen LogP contribution in [0, 0.1) is 0 Å². The molecule has 14 heavy (non-hydrogen) atoms. The summed E-state index contributed by atoms with van der Waals surface area (Å²) in [5, 5.41) is 0. The molecule has 1 rings (SSSR count). The number of hydrogen-bond donors (Lipinski definition) is 1.